The Bertz CT molecular complexity index is 280. The fourth-order valence-corrected chi connectivity index (χ4v) is 1.81. The van der Waals surface area contributed by atoms with Crippen molar-refractivity contribution in [2.75, 3.05) is 0 Å². The molecular weight excluding hydrogens is 208 g/mol. The van der Waals surface area contributed by atoms with Crippen LogP contribution in [0.25, 0.3) is 0 Å². The van der Waals surface area contributed by atoms with Gasteiger partial charge in [0.2, 0.25) is 0 Å². The molecule has 11 heavy (non-hydrogen) atoms. The Labute approximate surface area is 71.0 Å². The topological polar surface area (TPSA) is 23.8 Å². The minimum atomic E-state index is -0.473. The number of halogens is 1. The van der Waals surface area contributed by atoms with Gasteiger partial charge in [0.1, 0.15) is 0 Å². The molecule has 1 rings (SSSR count). The van der Waals surface area contributed by atoms with Crippen LogP contribution in [-0.4, -0.2) is 15.0 Å². The molecule has 0 unspecified atom stereocenters. The molecule has 3 heteroatoms. The van der Waals surface area contributed by atoms with Crippen LogP contribution >= 0.6 is 0 Å². The number of nitrogens with zero attached hydrogens (tertiary/aromatic N) is 1. The van der Waals surface area contributed by atoms with E-state index < -0.39 is 6.67 Å². The van der Waals surface area contributed by atoms with Crippen LogP contribution in [-0.2, 0) is 6.67 Å². The second kappa shape index (κ2) is 4.12. The zero-order chi connectivity index (χ0) is 8.10. The standard InChI is InChI=1S/C8H6FNSe/c9-5-7-3-1-2-4-8(7)11-6-10/h1-4H,5H2. The number of rotatable bonds is 2. The maximum absolute atomic E-state index is 12.2. The second-order valence-corrected chi connectivity index (χ2v) is 3.67. The van der Waals surface area contributed by atoms with Crippen LogP contribution in [0.2, 0.25) is 0 Å². The summed E-state index contributed by atoms with van der Waals surface area (Å²) in [6.07, 6.45) is 0. The Morgan fingerprint density at radius 2 is 2.18 bits per heavy atom. The summed E-state index contributed by atoms with van der Waals surface area (Å²) in [7, 11) is 0. The minimum absolute atomic E-state index is 0.233. The van der Waals surface area contributed by atoms with Crippen molar-refractivity contribution >= 4 is 19.4 Å². The predicted octanol–water partition coefficient (Wildman–Crippen LogP) is 0.967. The van der Waals surface area contributed by atoms with Crippen molar-refractivity contribution in [3.63, 3.8) is 0 Å². The van der Waals surface area contributed by atoms with E-state index >= 15 is 0 Å². The number of benzene rings is 1. The molecule has 0 aliphatic carbocycles. The molecule has 0 aromatic heterocycles. The molecule has 0 saturated heterocycles. The van der Waals surface area contributed by atoms with Crippen molar-refractivity contribution in [2.45, 2.75) is 6.67 Å². The molecule has 0 atom stereocenters. The van der Waals surface area contributed by atoms with Gasteiger partial charge >= 0.3 is 70.5 Å². The number of hydrogen-bond acceptors (Lipinski definition) is 1. The molecular formula is C8H6FNSe. The van der Waals surface area contributed by atoms with Gasteiger partial charge in [-0.25, -0.2) is 0 Å². The van der Waals surface area contributed by atoms with E-state index in [4.69, 9.17) is 5.26 Å². The Morgan fingerprint density at radius 3 is 2.82 bits per heavy atom. The van der Waals surface area contributed by atoms with Gasteiger partial charge in [-0.3, -0.25) is 0 Å². The quantitative estimate of drug-likeness (QED) is 0.673. The molecule has 0 heterocycles. The summed E-state index contributed by atoms with van der Waals surface area (Å²) in [4.78, 5) is 2.05. The summed E-state index contributed by atoms with van der Waals surface area (Å²) in [5, 5.41) is 8.39. The monoisotopic (exact) mass is 215 g/mol. The fourth-order valence-electron chi connectivity index (χ4n) is 0.763. The van der Waals surface area contributed by atoms with Crippen LogP contribution in [0.5, 0.6) is 0 Å². The Hall–Kier alpha value is -0.841. The number of hydrogen-bond donors (Lipinski definition) is 0. The van der Waals surface area contributed by atoms with Crippen molar-refractivity contribution in [3.05, 3.63) is 29.8 Å². The van der Waals surface area contributed by atoms with Gasteiger partial charge in [0.25, 0.3) is 0 Å². The van der Waals surface area contributed by atoms with Gasteiger partial charge in [-0.05, 0) is 0 Å². The molecule has 0 aliphatic rings. The van der Waals surface area contributed by atoms with E-state index in [1.807, 2.05) is 6.07 Å². The van der Waals surface area contributed by atoms with Gasteiger partial charge in [0, 0.05) is 0 Å². The van der Waals surface area contributed by atoms with E-state index in [2.05, 4.69) is 4.97 Å². The molecule has 0 amide bonds. The van der Waals surface area contributed by atoms with Crippen LogP contribution in [0.1, 0.15) is 5.56 Å². The van der Waals surface area contributed by atoms with E-state index in [1.54, 1.807) is 18.2 Å². The van der Waals surface area contributed by atoms with Gasteiger partial charge in [-0.2, -0.15) is 0 Å². The Balaban J connectivity index is 2.94. The first kappa shape index (κ1) is 8.26. The number of alkyl halides is 1. The average molecular weight is 214 g/mol. The third-order valence-electron chi connectivity index (χ3n) is 1.27. The van der Waals surface area contributed by atoms with Gasteiger partial charge in [0.05, 0.1) is 0 Å². The summed E-state index contributed by atoms with van der Waals surface area (Å²) >= 11 is -0.233. The summed E-state index contributed by atoms with van der Waals surface area (Å²) < 4.78 is 13.1. The first-order valence-corrected chi connectivity index (χ1v) is 4.79. The van der Waals surface area contributed by atoms with E-state index in [-0.39, 0.29) is 15.0 Å². The normalized spacial score (nSPS) is 9.09. The van der Waals surface area contributed by atoms with Gasteiger partial charge < -0.3 is 0 Å². The summed E-state index contributed by atoms with van der Waals surface area (Å²) in [6, 6.07) is 7.13. The van der Waals surface area contributed by atoms with Crippen molar-refractivity contribution < 1.29 is 4.39 Å². The third kappa shape index (κ3) is 2.04. The molecule has 1 nitrogen and oxygen atoms in total. The van der Waals surface area contributed by atoms with Crippen molar-refractivity contribution in [3.8, 4) is 4.97 Å². The fraction of sp³-hybridized carbons (Fsp3) is 0.125. The van der Waals surface area contributed by atoms with Crippen molar-refractivity contribution in [2.24, 2.45) is 0 Å². The molecule has 0 bridgehead atoms. The zero-order valence-electron chi connectivity index (χ0n) is 5.75. The molecule has 1 aromatic rings. The zero-order valence-corrected chi connectivity index (χ0v) is 7.46. The van der Waals surface area contributed by atoms with Gasteiger partial charge in [0.15, 0.2) is 0 Å². The van der Waals surface area contributed by atoms with Crippen molar-refractivity contribution in [1.29, 1.82) is 5.26 Å². The Kier molecular flexibility index (Phi) is 3.10. The molecule has 0 spiro atoms. The molecule has 0 radical (unpaired) electrons. The predicted molar refractivity (Wildman–Crippen MR) is 42.3 cm³/mol. The van der Waals surface area contributed by atoms with Crippen LogP contribution < -0.4 is 4.46 Å². The van der Waals surface area contributed by atoms with Gasteiger partial charge in [-0.15, -0.1) is 0 Å². The molecule has 0 N–H and O–H groups in total. The molecule has 0 aliphatic heterocycles. The second-order valence-electron chi connectivity index (χ2n) is 1.93. The van der Waals surface area contributed by atoms with Crippen LogP contribution in [0.15, 0.2) is 24.3 Å². The van der Waals surface area contributed by atoms with E-state index in [1.165, 1.54) is 0 Å². The van der Waals surface area contributed by atoms with E-state index in [0.717, 1.165) is 4.46 Å². The first-order chi connectivity index (χ1) is 5.38. The Morgan fingerprint density at radius 1 is 1.45 bits per heavy atom. The molecule has 0 saturated carbocycles. The first-order valence-electron chi connectivity index (χ1n) is 3.08. The molecule has 56 valence electrons. The SMILES string of the molecule is N#C[Se]c1ccccc1CF. The summed E-state index contributed by atoms with van der Waals surface area (Å²) in [5.41, 5.74) is 0.647. The third-order valence-corrected chi connectivity index (χ3v) is 2.76. The van der Waals surface area contributed by atoms with E-state index in [0.29, 0.717) is 5.56 Å². The van der Waals surface area contributed by atoms with Gasteiger partial charge in [-0.1, -0.05) is 0 Å². The summed E-state index contributed by atoms with van der Waals surface area (Å²) in [5.74, 6) is 0. The van der Waals surface area contributed by atoms with Crippen LogP contribution in [0, 0.1) is 10.2 Å². The molecule has 1 aromatic carbocycles. The maximum atomic E-state index is 12.2. The van der Waals surface area contributed by atoms with Crippen molar-refractivity contribution in [1.82, 2.24) is 0 Å². The van der Waals surface area contributed by atoms with Crippen LogP contribution in [0.4, 0.5) is 4.39 Å². The van der Waals surface area contributed by atoms with Crippen LogP contribution in [0.3, 0.4) is 0 Å². The summed E-state index contributed by atoms with van der Waals surface area (Å²) in [6.45, 7) is -0.473. The average Bonchev–Trinajstić information content (AvgIpc) is 2.06. The molecule has 0 fully saturated rings. The number of nitriles is 1. The van der Waals surface area contributed by atoms with E-state index in [9.17, 15) is 4.39 Å².